The van der Waals surface area contributed by atoms with Crippen molar-refractivity contribution in [2.24, 2.45) is 0 Å². The van der Waals surface area contributed by atoms with E-state index in [1.165, 1.54) is 17.0 Å². The summed E-state index contributed by atoms with van der Waals surface area (Å²) in [7, 11) is 0. The topological polar surface area (TPSA) is 58.6 Å². The molecule has 0 atom stereocenters. The maximum Gasteiger partial charge on any atom is 0.253 e. The third-order valence-corrected chi connectivity index (χ3v) is 4.31. The zero-order valence-corrected chi connectivity index (χ0v) is 15.1. The van der Waals surface area contributed by atoms with Gasteiger partial charge in [0.25, 0.3) is 5.91 Å². The number of ether oxygens (including phenoxy) is 1. The molecule has 27 heavy (non-hydrogen) atoms. The number of hydrogen-bond donors (Lipinski definition) is 1. The molecule has 0 saturated heterocycles. The van der Waals surface area contributed by atoms with Gasteiger partial charge in [-0.1, -0.05) is 30.3 Å². The van der Waals surface area contributed by atoms with Crippen LogP contribution < -0.4 is 10.1 Å². The van der Waals surface area contributed by atoms with E-state index in [9.17, 15) is 14.0 Å². The van der Waals surface area contributed by atoms with Crippen LogP contribution in [0, 0.1) is 5.82 Å². The lowest BCUT2D eigenvalue weighted by Crippen LogP contribution is -2.41. The van der Waals surface area contributed by atoms with Crippen LogP contribution in [0.4, 0.5) is 4.39 Å². The molecule has 0 aliphatic carbocycles. The number of carbonyl (C=O) groups excluding carboxylic acids is 2. The standard InChI is InChI=1S/C21H21FN2O3/c1-2-24(13-20(25)23-12-15-7-9-18(22)10-8-15)21(26)17-11-16-5-3-4-6-19(16)27-14-17/h3-11H,2,12-14H2,1H3,(H,23,25). The van der Waals surface area contributed by atoms with Gasteiger partial charge in [-0.25, -0.2) is 4.39 Å². The lowest BCUT2D eigenvalue weighted by Gasteiger charge is -2.24. The van der Waals surface area contributed by atoms with Crippen LogP contribution >= 0.6 is 0 Å². The molecule has 1 aliphatic heterocycles. The number of para-hydroxylation sites is 1. The molecule has 1 heterocycles. The van der Waals surface area contributed by atoms with Crippen LogP contribution in [0.5, 0.6) is 5.75 Å². The number of carbonyl (C=O) groups is 2. The van der Waals surface area contributed by atoms with E-state index in [1.54, 1.807) is 18.2 Å². The number of benzene rings is 2. The largest absolute Gasteiger partial charge is 0.488 e. The number of halogens is 1. The molecule has 1 aliphatic rings. The first-order valence-electron chi connectivity index (χ1n) is 8.79. The summed E-state index contributed by atoms with van der Waals surface area (Å²) in [6, 6.07) is 13.4. The van der Waals surface area contributed by atoms with E-state index in [0.717, 1.165) is 16.9 Å². The monoisotopic (exact) mass is 368 g/mol. The summed E-state index contributed by atoms with van der Waals surface area (Å²) in [6.45, 7) is 2.65. The molecule has 0 aromatic heterocycles. The number of likely N-dealkylation sites (N-methyl/N-ethyl adjacent to an activating group) is 1. The molecule has 0 radical (unpaired) electrons. The summed E-state index contributed by atoms with van der Waals surface area (Å²) in [5.41, 5.74) is 2.16. The van der Waals surface area contributed by atoms with E-state index in [0.29, 0.717) is 12.1 Å². The number of fused-ring (bicyclic) bond motifs is 1. The zero-order valence-electron chi connectivity index (χ0n) is 15.1. The molecule has 2 aromatic rings. The Labute approximate surface area is 157 Å². The van der Waals surface area contributed by atoms with Gasteiger partial charge in [-0.3, -0.25) is 9.59 Å². The maximum atomic E-state index is 12.9. The zero-order chi connectivity index (χ0) is 19.2. The Balaban J connectivity index is 1.59. The number of nitrogens with one attached hydrogen (secondary N) is 1. The van der Waals surface area contributed by atoms with Crippen LogP contribution in [0.25, 0.3) is 6.08 Å². The van der Waals surface area contributed by atoms with Gasteiger partial charge in [0.15, 0.2) is 0 Å². The van der Waals surface area contributed by atoms with E-state index < -0.39 is 0 Å². The Bertz CT molecular complexity index is 862. The van der Waals surface area contributed by atoms with Crippen molar-refractivity contribution in [2.45, 2.75) is 13.5 Å². The first kappa shape index (κ1) is 18.6. The third-order valence-electron chi connectivity index (χ3n) is 4.31. The highest BCUT2D eigenvalue weighted by Crippen LogP contribution is 2.26. The van der Waals surface area contributed by atoms with Crippen LogP contribution in [0.15, 0.2) is 54.1 Å². The molecular formula is C21H21FN2O3. The van der Waals surface area contributed by atoms with Crippen molar-refractivity contribution in [3.63, 3.8) is 0 Å². The summed E-state index contributed by atoms with van der Waals surface area (Å²) in [4.78, 5) is 26.4. The predicted octanol–water partition coefficient (Wildman–Crippen LogP) is 2.77. The molecule has 2 aromatic carbocycles. The molecule has 0 fully saturated rings. The van der Waals surface area contributed by atoms with Crippen LogP contribution in [-0.2, 0) is 16.1 Å². The first-order valence-corrected chi connectivity index (χ1v) is 8.79. The van der Waals surface area contributed by atoms with Crippen LogP contribution in [0.2, 0.25) is 0 Å². The summed E-state index contributed by atoms with van der Waals surface area (Å²) in [5.74, 6) is -0.0669. The quantitative estimate of drug-likeness (QED) is 0.853. The van der Waals surface area contributed by atoms with Crippen LogP contribution in [-0.4, -0.2) is 36.4 Å². The fourth-order valence-corrected chi connectivity index (χ4v) is 2.80. The Hall–Kier alpha value is -3.15. The minimum absolute atomic E-state index is 0.0461. The van der Waals surface area contributed by atoms with Gasteiger partial charge in [0.2, 0.25) is 5.91 Å². The van der Waals surface area contributed by atoms with E-state index in [4.69, 9.17) is 4.74 Å². The molecule has 6 heteroatoms. The number of hydrogen-bond acceptors (Lipinski definition) is 3. The lowest BCUT2D eigenvalue weighted by atomic mass is 10.1. The summed E-state index contributed by atoms with van der Waals surface area (Å²) < 4.78 is 18.5. The first-order chi connectivity index (χ1) is 13.1. The summed E-state index contributed by atoms with van der Waals surface area (Å²) in [6.07, 6.45) is 1.81. The smallest absolute Gasteiger partial charge is 0.253 e. The van der Waals surface area contributed by atoms with E-state index >= 15 is 0 Å². The van der Waals surface area contributed by atoms with E-state index in [1.807, 2.05) is 31.2 Å². The van der Waals surface area contributed by atoms with Gasteiger partial charge in [0, 0.05) is 18.7 Å². The van der Waals surface area contributed by atoms with Gasteiger partial charge in [-0.05, 0) is 36.8 Å². The third kappa shape index (κ3) is 4.73. The highest BCUT2D eigenvalue weighted by molar-refractivity contribution is 6.00. The SMILES string of the molecule is CCN(CC(=O)NCc1ccc(F)cc1)C(=O)C1=Cc2ccccc2OC1. The van der Waals surface area contributed by atoms with Crippen LogP contribution in [0.3, 0.4) is 0 Å². The average Bonchev–Trinajstić information content (AvgIpc) is 2.70. The summed E-state index contributed by atoms with van der Waals surface area (Å²) in [5, 5.41) is 2.75. The minimum atomic E-state index is -0.322. The van der Waals surface area contributed by atoms with Gasteiger partial charge in [-0.2, -0.15) is 0 Å². The molecule has 2 amide bonds. The average molecular weight is 368 g/mol. The van der Waals surface area contributed by atoms with Gasteiger partial charge in [-0.15, -0.1) is 0 Å². The van der Waals surface area contributed by atoms with Crippen LogP contribution in [0.1, 0.15) is 18.1 Å². The van der Waals surface area contributed by atoms with Crippen molar-refractivity contribution in [3.8, 4) is 5.75 Å². The molecule has 0 spiro atoms. The van der Waals surface area contributed by atoms with Crippen molar-refractivity contribution in [3.05, 3.63) is 71.0 Å². The number of rotatable bonds is 6. The molecule has 0 unspecified atom stereocenters. The minimum Gasteiger partial charge on any atom is -0.488 e. The Morgan fingerprint density at radius 2 is 1.89 bits per heavy atom. The molecule has 3 rings (SSSR count). The molecule has 5 nitrogen and oxygen atoms in total. The fourth-order valence-electron chi connectivity index (χ4n) is 2.80. The Kier molecular flexibility index (Phi) is 5.86. The second-order valence-corrected chi connectivity index (χ2v) is 6.22. The van der Waals surface area contributed by atoms with Gasteiger partial charge in [0.1, 0.15) is 18.2 Å². The fraction of sp³-hybridized carbons (Fsp3) is 0.238. The van der Waals surface area contributed by atoms with Crippen molar-refractivity contribution < 1.29 is 18.7 Å². The number of amides is 2. The van der Waals surface area contributed by atoms with Gasteiger partial charge < -0.3 is 15.0 Å². The molecule has 0 saturated carbocycles. The van der Waals surface area contributed by atoms with E-state index in [2.05, 4.69) is 5.32 Å². The molecule has 140 valence electrons. The highest BCUT2D eigenvalue weighted by Gasteiger charge is 2.22. The highest BCUT2D eigenvalue weighted by atomic mass is 19.1. The maximum absolute atomic E-state index is 12.9. The van der Waals surface area contributed by atoms with Crippen molar-refractivity contribution in [1.82, 2.24) is 10.2 Å². The van der Waals surface area contributed by atoms with Crippen molar-refractivity contribution in [1.29, 1.82) is 0 Å². The normalized spacial score (nSPS) is 12.4. The molecule has 0 bridgehead atoms. The van der Waals surface area contributed by atoms with Gasteiger partial charge in [0.05, 0.1) is 12.1 Å². The molecular weight excluding hydrogens is 347 g/mol. The van der Waals surface area contributed by atoms with Crippen molar-refractivity contribution >= 4 is 17.9 Å². The van der Waals surface area contributed by atoms with Gasteiger partial charge >= 0.3 is 0 Å². The van der Waals surface area contributed by atoms with E-state index in [-0.39, 0.29) is 37.3 Å². The lowest BCUT2D eigenvalue weighted by molar-refractivity contribution is -0.133. The number of nitrogens with zero attached hydrogens (tertiary/aromatic N) is 1. The second-order valence-electron chi connectivity index (χ2n) is 6.22. The van der Waals surface area contributed by atoms with Crippen molar-refractivity contribution in [2.75, 3.05) is 19.7 Å². The predicted molar refractivity (Wildman–Crippen MR) is 100 cm³/mol. The molecule has 1 N–H and O–H groups in total. The Morgan fingerprint density at radius 1 is 1.15 bits per heavy atom. The second kappa shape index (κ2) is 8.49. The summed E-state index contributed by atoms with van der Waals surface area (Å²) >= 11 is 0. The Morgan fingerprint density at radius 3 is 2.63 bits per heavy atom.